The molecule has 1 amide bonds. The van der Waals surface area contributed by atoms with Crippen molar-refractivity contribution in [2.45, 2.75) is 31.7 Å². The molecule has 3 aromatic rings. The van der Waals surface area contributed by atoms with E-state index in [-0.39, 0.29) is 18.7 Å². The number of anilines is 1. The van der Waals surface area contributed by atoms with Gasteiger partial charge in [-0.25, -0.2) is 4.98 Å². The van der Waals surface area contributed by atoms with Crippen molar-refractivity contribution < 1.29 is 19.2 Å². The van der Waals surface area contributed by atoms with E-state index in [1.165, 1.54) is 14.6 Å². The largest absolute Gasteiger partial charge is 0.454 e. The number of carbonyl (C=O) groups excluding carboxylic acids is 1. The number of likely N-dealkylation sites (tertiary alicyclic amines) is 1. The molecule has 7 heteroatoms. The molecule has 2 N–H and O–H groups in total. The Balaban J connectivity index is 1.26. The highest BCUT2D eigenvalue weighted by Crippen LogP contribution is 2.34. The topological polar surface area (TPSA) is 64.9 Å². The zero-order chi connectivity index (χ0) is 19.8. The monoisotopic (exact) mass is 410 g/mol. The van der Waals surface area contributed by atoms with Crippen LogP contribution in [0.15, 0.2) is 42.5 Å². The minimum atomic E-state index is -0.127. The van der Waals surface area contributed by atoms with Crippen LogP contribution in [-0.4, -0.2) is 36.8 Å². The summed E-state index contributed by atoms with van der Waals surface area (Å²) in [5.74, 6) is 1.84. The van der Waals surface area contributed by atoms with Crippen molar-refractivity contribution in [1.29, 1.82) is 0 Å². The van der Waals surface area contributed by atoms with Gasteiger partial charge in [-0.3, -0.25) is 4.79 Å². The first kappa shape index (κ1) is 18.4. The number of carbonyl (C=O) groups is 1. The maximum absolute atomic E-state index is 12.9. The van der Waals surface area contributed by atoms with Crippen LogP contribution in [0.2, 0.25) is 0 Å². The SMILES string of the molecule is C[C@H](C(=O)Nc1ccc2c(c1)OCO2)[NH+]1CCC[C@H](c2nc3ccccc3s2)C1. The number of piperidine rings is 1. The molecule has 150 valence electrons. The molecular formula is C22H24N3O3S+. The Hall–Kier alpha value is -2.64. The second-order valence-electron chi connectivity index (χ2n) is 7.75. The first-order chi connectivity index (χ1) is 14.2. The van der Waals surface area contributed by atoms with E-state index in [4.69, 9.17) is 14.5 Å². The Morgan fingerprint density at radius 2 is 2.10 bits per heavy atom. The fourth-order valence-corrected chi connectivity index (χ4v) is 5.28. The summed E-state index contributed by atoms with van der Waals surface area (Å²) in [6.45, 7) is 4.19. The summed E-state index contributed by atoms with van der Waals surface area (Å²) in [7, 11) is 0. The summed E-state index contributed by atoms with van der Waals surface area (Å²) < 4.78 is 12.0. The summed E-state index contributed by atoms with van der Waals surface area (Å²) >= 11 is 1.79. The average Bonchev–Trinajstić information content (AvgIpc) is 3.39. The molecule has 3 atom stereocenters. The number of aromatic nitrogens is 1. The van der Waals surface area contributed by atoms with E-state index < -0.39 is 0 Å². The smallest absolute Gasteiger partial charge is 0.282 e. The van der Waals surface area contributed by atoms with E-state index in [9.17, 15) is 4.79 Å². The Bertz CT molecular complexity index is 1020. The van der Waals surface area contributed by atoms with Gasteiger partial charge in [-0.15, -0.1) is 11.3 Å². The molecule has 0 saturated carbocycles. The zero-order valence-corrected chi connectivity index (χ0v) is 17.1. The highest BCUT2D eigenvalue weighted by molar-refractivity contribution is 7.18. The van der Waals surface area contributed by atoms with Crippen molar-refractivity contribution in [2.24, 2.45) is 0 Å². The Morgan fingerprint density at radius 3 is 3.00 bits per heavy atom. The molecule has 2 aliphatic heterocycles. The standard InChI is InChI=1S/C22H23N3O3S/c1-14(21(26)23-16-8-9-18-19(11-16)28-13-27-18)25-10-4-5-15(12-25)22-24-17-6-2-3-7-20(17)29-22/h2-3,6-9,11,14-15H,4-5,10,12-13H2,1H3,(H,23,26)/p+1/t14-,15+/m1/s1. The van der Waals surface area contributed by atoms with Crippen molar-refractivity contribution in [3.05, 3.63) is 47.5 Å². The number of rotatable bonds is 4. The molecule has 6 nitrogen and oxygen atoms in total. The Kier molecular flexibility index (Phi) is 4.85. The van der Waals surface area contributed by atoms with Gasteiger partial charge < -0.3 is 19.7 Å². The molecule has 0 aliphatic carbocycles. The third-order valence-corrected chi connectivity index (χ3v) is 7.06. The molecule has 2 aliphatic rings. The van der Waals surface area contributed by atoms with Crippen molar-refractivity contribution in [1.82, 2.24) is 4.98 Å². The second-order valence-corrected chi connectivity index (χ2v) is 8.81. The van der Waals surface area contributed by atoms with E-state index in [0.29, 0.717) is 11.7 Å². The van der Waals surface area contributed by atoms with Crippen LogP contribution < -0.4 is 19.7 Å². The third-order valence-electron chi connectivity index (χ3n) is 5.86. The number of quaternary nitrogens is 1. The highest BCUT2D eigenvalue weighted by Gasteiger charge is 2.33. The minimum Gasteiger partial charge on any atom is -0.454 e. The van der Waals surface area contributed by atoms with Gasteiger partial charge >= 0.3 is 0 Å². The van der Waals surface area contributed by atoms with Crippen LogP contribution in [0, 0.1) is 0 Å². The van der Waals surface area contributed by atoms with Crippen LogP contribution in [-0.2, 0) is 4.79 Å². The lowest BCUT2D eigenvalue weighted by molar-refractivity contribution is -0.920. The lowest BCUT2D eigenvalue weighted by atomic mass is 9.97. The number of benzene rings is 2. The van der Waals surface area contributed by atoms with Gasteiger partial charge in [-0.1, -0.05) is 12.1 Å². The van der Waals surface area contributed by atoms with Crippen LogP contribution in [0.5, 0.6) is 11.5 Å². The number of ether oxygens (including phenoxy) is 2. The van der Waals surface area contributed by atoms with Crippen LogP contribution in [0.3, 0.4) is 0 Å². The number of amides is 1. The van der Waals surface area contributed by atoms with E-state index in [1.807, 2.05) is 31.2 Å². The normalized spacial score (nSPS) is 21.8. The van der Waals surface area contributed by atoms with E-state index in [2.05, 4.69) is 23.5 Å². The van der Waals surface area contributed by atoms with Crippen LogP contribution >= 0.6 is 11.3 Å². The summed E-state index contributed by atoms with van der Waals surface area (Å²) in [5.41, 5.74) is 1.82. The number of hydrogen-bond donors (Lipinski definition) is 2. The lowest BCUT2D eigenvalue weighted by Gasteiger charge is -2.32. The number of thiazole rings is 1. The minimum absolute atomic E-state index is 0.0313. The lowest BCUT2D eigenvalue weighted by Crippen LogP contribution is -3.17. The number of fused-ring (bicyclic) bond motifs is 2. The molecule has 0 spiro atoms. The summed E-state index contributed by atoms with van der Waals surface area (Å²) in [5, 5.41) is 4.24. The van der Waals surface area contributed by atoms with Gasteiger partial charge in [0.05, 0.1) is 29.2 Å². The molecule has 0 radical (unpaired) electrons. The van der Waals surface area contributed by atoms with E-state index in [0.717, 1.165) is 42.9 Å². The fraction of sp³-hybridized carbons (Fsp3) is 0.364. The molecule has 1 fully saturated rings. The number of para-hydroxylation sites is 1. The van der Waals surface area contributed by atoms with Gasteiger partial charge in [0.15, 0.2) is 17.5 Å². The number of nitrogens with one attached hydrogen (secondary N) is 2. The molecule has 1 saturated heterocycles. The predicted octanol–water partition coefficient (Wildman–Crippen LogP) is 2.81. The molecule has 5 rings (SSSR count). The molecule has 0 bridgehead atoms. The third kappa shape index (κ3) is 3.68. The van der Waals surface area contributed by atoms with Crippen LogP contribution in [0.4, 0.5) is 5.69 Å². The summed E-state index contributed by atoms with van der Waals surface area (Å²) in [4.78, 5) is 19.1. The number of nitrogens with zero attached hydrogens (tertiary/aromatic N) is 1. The zero-order valence-electron chi connectivity index (χ0n) is 16.3. The number of hydrogen-bond acceptors (Lipinski definition) is 5. The molecular weight excluding hydrogens is 386 g/mol. The summed E-state index contributed by atoms with van der Waals surface area (Å²) in [6.07, 6.45) is 2.25. The van der Waals surface area contributed by atoms with Gasteiger partial charge in [0, 0.05) is 11.8 Å². The maximum Gasteiger partial charge on any atom is 0.282 e. The van der Waals surface area contributed by atoms with Crippen molar-refractivity contribution in [3.8, 4) is 11.5 Å². The van der Waals surface area contributed by atoms with E-state index >= 15 is 0 Å². The predicted molar refractivity (Wildman–Crippen MR) is 113 cm³/mol. The van der Waals surface area contributed by atoms with Gasteiger partial charge in [-0.05, 0) is 44.0 Å². The molecule has 1 unspecified atom stereocenters. The van der Waals surface area contributed by atoms with Crippen LogP contribution in [0.25, 0.3) is 10.2 Å². The van der Waals surface area contributed by atoms with Crippen LogP contribution in [0.1, 0.15) is 30.7 Å². The first-order valence-electron chi connectivity index (χ1n) is 10.1. The van der Waals surface area contributed by atoms with Crippen molar-refractivity contribution >= 4 is 33.1 Å². The quantitative estimate of drug-likeness (QED) is 0.694. The molecule has 1 aromatic heterocycles. The first-order valence-corrected chi connectivity index (χ1v) is 10.9. The maximum atomic E-state index is 12.9. The summed E-state index contributed by atoms with van der Waals surface area (Å²) in [6, 6.07) is 13.7. The van der Waals surface area contributed by atoms with Gasteiger partial charge in [0.2, 0.25) is 6.79 Å². The van der Waals surface area contributed by atoms with Gasteiger partial charge in [-0.2, -0.15) is 0 Å². The Morgan fingerprint density at radius 1 is 1.24 bits per heavy atom. The Labute approximate surface area is 173 Å². The fourth-order valence-electron chi connectivity index (χ4n) is 4.18. The van der Waals surface area contributed by atoms with Gasteiger partial charge in [0.1, 0.15) is 5.01 Å². The van der Waals surface area contributed by atoms with E-state index in [1.54, 1.807) is 11.3 Å². The molecule has 3 heterocycles. The second kappa shape index (κ2) is 7.65. The van der Waals surface area contributed by atoms with Crippen molar-refractivity contribution in [3.63, 3.8) is 0 Å². The highest BCUT2D eigenvalue weighted by atomic mass is 32.1. The molecule has 29 heavy (non-hydrogen) atoms. The average molecular weight is 411 g/mol. The molecule has 2 aromatic carbocycles. The van der Waals surface area contributed by atoms with Gasteiger partial charge in [0.25, 0.3) is 5.91 Å². The van der Waals surface area contributed by atoms with Crippen molar-refractivity contribution in [2.75, 3.05) is 25.2 Å².